The van der Waals surface area contributed by atoms with Crippen LogP contribution in [0.25, 0.3) is 0 Å². The summed E-state index contributed by atoms with van der Waals surface area (Å²) in [5.41, 5.74) is 1.22. The second-order valence-corrected chi connectivity index (χ2v) is 5.93. The minimum atomic E-state index is 0.231. The van der Waals surface area contributed by atoms with Gasteiger partial charge in [0.05, 0.1) is 0 Å². The minimum Gasteiger partial charge on any atom is -0.339 e. The van der Waals surface area contributed by atoms with E-state index in [1.807, 2.05) is 29.2 Å². The molecule has 1 atom stereocenters. The van der Waals surface area contributed by atoms with Crippen LogP contribution in [0.1, 0.15) is 24.8 Å². The van der Waals surface area contributed by atoms with Crippen LogP contribution in [-0.4, -0.2) is 47.0 Å². The van der Waals surface area contributed by atoms with Gasteiger partial charge in [-0.25, -0.2) is 9.97 Å². The Labute approximate surface area is 137 Å². The molecule has 1 saturated heterocycles. The summed E-state index contributed by atoms with van der Waals surface area (Å²) in [6.07, 6.45) is 4.06. The topological polar surface area (TPSA) is 49.3 Å². The zero-order valence-electron chi connectivity index (χ0n) is 13.4. The summed E-state index contributed by atoms with van der Waals surface area (Å²) < 4.78 is 0. The molecule has 0 spiro atoms. The van der Waals surface area contributed by atoms with E-state index in [2.05, 4.69) is 33.9 Å². The molecule has 1 aromatic heterocycles. The third-order valence-corrected chi connectivity index (χ3v) is 4.32. The summed E-state index contributed by atoms with van der Waals surface area (Å²) in [5.74, 6) is 1.23. The summed E-state index contributed by atoms with van der Waals surface area (Å²) >= 11 is 0. The molecule has 1 aliphatic rings. The normalized spacial score (nSPS) is 16.2. The van der Waals surface area contributed by atoms with Gasteiger partial charge in [0.2, 0.25) is 11.9 Å². The van der Waals surface area contributed by atoms with Crippen molar-refractivity contribution in [1.82, 2.24) is 14.9 Å². The van der Waals surface area contributed by atoms with Crippen molar-refractivity contribution in [3.8, 4) is 0 Å². The van der Waals surface area contributed by atoms with Crippen LogP contribution in [0.3, 0.4) is 0 Å². The van der Waals surface area contributed by atoms with Crippen molar-refractivity contribution in [1.29, 1.82) is 0 Å². The van der Waals surface area contributed by atoms with Crippen molar-refractivity contribution in [2.75, 3.05) is 31.1 Å². The number of rotatable bonds is 4. The number of aromatic nitrogens is 2. The van der Waals surface area contributed by atoms with Gasteiger partial charge < -0.3 is 9.80 Å². The van der Waals surface area contributed by atoms with E-state index in [0.717, 1.165) is 32.1 Å². The first kappa shape index (κ1) is 15.5. The highest BCUT2D eigenvalue weighted by Crippen LogP contribution is 2.20. The lowest BCUT2D eigenvalue weighted by Gasteiger charge is -2.35. The van der Waals surface area contributed by atoms with Gasteiger partial charge in [0, 0.05) is 45.0 Å². The maximum atomic E-state index is 12.5. The second-order valence-electron chi connectivity index (χ2n) is 5.93. The van der Waals surface area contributed by atoms with Crippen molar-refractivity contribution in [3.05, 3.63) is 54.4 Å². The summed E-state index contributed by atoms with van der Waals surface area (Å²) in [4.78, 5) is 25.1. The molecule has 1 aromatic carbocycles. The minimum absolute atomic E-state index is 0.231. The molecule has 0 bridgehead atoms. The predicted molar refractivity (Wildman–Crippen MR) is 90.3 cm³/mol. The Balaban J connectivity index is 1.52. The number of hydrogen-bond acceptors (Lipinski definition) is 4. The first-order chi connectivity index (χ1) is 11.2. The highest BCUT2D eigenvalue weighted by atomic mass is 16.2. The summed E-state index contributed by atoms with van der Waals surface area (Å²) in [6.45, 7) is 5.16. The Morgan fingerprint density at radius 3 is 2.35 bits per heavy atom. The molecule has 5 heteroatoms. The molecular formula is C18H22N4O. The molecule has 1 aliphatic heterocycles. The van der Waals surface area contributed by atoms with E-state index in [1.165, 1.54) is 5.56 Å². The van der Waals surface area contributed by atoms with Gasteiger partial charge in [-0.05, 0) is 17.5 Å². The standard InChI is InChI=1S/C18H22N4O/c1-15(16-6-3-2-4-7-16)14-17(23)21-10-12-22(13-11-21)18-19-8-5-9-20-18/h2-9,15H,10-14H2,1H3/t15-/m0/s1. The van der Waals surface area contributed by atoms with Crippen molar-refractivity contribution in [3.63, 3.8) is 0 Å². The van der Waals surface area contributed by atoms with Gasteiger partial charge >= 0.3 is 0 Å². The van der Waals surface area contributed by atoms with E-state index in [9.17, 15) is 4.79 Å². The van der Waals surface area contributed by atoms with E-state index in [0.29, 0.717) is 6.42 Å². The Bertz CT molecular complexity index is 624. The SMILES string of the molecule is C[C@@H](CC(=O)N1CCN(c2ncccn2)CC1)c1ccccc1. The zero-order valence-corrected chi connectivity index (χ0v) is 13.4. The van der Waals surface area contributed by atoms with Crippen LogP contribution in [0.2, 0.25) is 0 Å². The first-order valence-corrected chi connectivity index (χ1v) is 8.09. The molecule has 0 aliphatic carbocycles. The fourth-order valence-electron chi connectivity index (χ4n) is 2.90. The van der Waals surface area contributed by atoms with Crippen molar-refractivity contribution >= 4 is 11.9 Å². The van der Waals surface area contributed by atoms with E-state index < -0.39 is 0 Å². The van der Waals surface area contributed by atoms with Crippen LogP contribution in [0.15, 0.2) is 48.8 Å². The maximum absolute atomic E-state index is 12.5. The van der Waals surface area contributed by atoms with Gasteiger partial charge in [0.15, 0.2) is 0 Å². The van der Waals surface area contributed by atoms with Crippen molar-refractivity contribution < 1.29 is 4.79 Å². The van der Waals surface area contributed by atoms with Gasteiger partial charge in [-0.2, -0.15) is 0 Å². The van der Waals surface area contributed by atoms with Gasteiger partial charge in [-0.15, -0.1) is 0 Å². The van der Waals surface area contributed by atoms with Gasteiger partial charge in [-0.3, -0.25) is 4.79 Å². The average Bonchev–Trinajstić information content (AvgIpc) is 2.63. The van der Waals surface area contributed by atoms with Crippen molar-refractivity contribution in [2.45, 2.75) is 19.3 Å². The lowest BCUT2D eigenvalue weighted by Crippen LogP contribution is -2.49. The number of carbonyl (C=O) groups excluding carboxylic acids is 1. The number of carbonyl (C=O) groups is 1. The zero-order chi connectivity index (χ0) is 16.1. The summed E-state index contributed by atoms with van der Waals surface area (Å²) in [5, 5.41) is 0. The second kappa shape index (κ2) is 7.22. The van der Waals surface area contributed by atoms with Crippen LogP contribution in [0.4, 0.5) is 5.95 Å². The number of anilines is 1. The summed E-state index contributed by atoms with van der Waals surface area (Å²) in [7, 11) is 0. The van der Waals surface area contributed by atoms with Crippen LogP contribution in [-0.2, 0) is 4.79 Å². The van der Waals surface area contributed by atoms with Crippen LogP contribution < -0.4 is 4.90 Å². The van der Waals surface area contributed by atoms with E-state index in [4.69, 9.17) is 0 Å². The van der Waals surface area contributed by atoms with Crippen LogP contribution >= 0.6 is 0 Å². The van der Waals surface area contributed by atoms with Gasteiger partial charge in [0.1, 0.15) is 0 Å². The molecule has 1 fully saturated rings. The molecule has 0 saturated carbocycles. The number of piperazine rings is 1. The highest BCUT2D eigenvalue weighted by molar-refractivity contribution is 5.77. The molecule has 23 heavy (non-hydrogen) atoms. The van der Waals surface area contributed by atoms with Crippen LogP contribution in [0.5, 0.6) is 0 Å². The Morgan fingerprint density at radius 1 is 1.04 bits per heavy atom. The molecule has 0 unspecified atom stereocenters. The Kier molecular flexibility index (Phi) is 4.86. The smallest absolute Gasteiger partial charge is 0.225 e. The lowest BCUT2D eigenvalue weighted by atomic mass is 9.97. The van der Waals surface area contributed by atoms with Crippen LogP contribution in [0, 0.1) is 0 Å². The largest absolute Gasteiger partial charge is 0.339 e. The fraction of sp³-hybridized carbons (Fsp3) is 0.389. The molecule has 0 N–H and O–H groups in total. The molecule has 1 amide bonds. The van der Waals surface area contributed by atoms with E-state index in [1.54, 1.807) is 12.4 Å². The summed E-state index contributed by atoms with van der Waals surface area (Å²) in [6, 6.07) is 12.0. The molecular weight excluding hydrogens is 288 g/mol. The fourth-order valence-corrected chi connectivity index (χ4v) is 2.90. The molecule has 2 heterocycles. The Hall–Kier alpha value is -2.43. The van der Waals surface area contributed by atoms with E-state index in [-0.39, 0.29) is 11.8 Å². The highest BCUT2D eigenvalue weighted by Gasteiger charge is 2.23. The van der Waals surface area contributed by atoms with Crippen molar-refractivity contribution in [2.24, 2.45) is 0 Å². The van der Waals surface area contributed by atoms with Gasteiger partial charge in [0.25, 0.3) is 0 Å². The average molecular weight is 310 g/mol. The third-order valence-electron chi connectivity index (χ3n) is 4.32. The number of hydrogen-bond donors (Lipinski definition) is 0. The molecule has 2 aromatic rings. The van der Waals surface area contributed by atoms with E-state index >= 15 is 0 Å². The molecule has 120 valence electrons. The number of amides is 1. The lowest BCUT2D eigenvalue weighted by molar-refractivity contribution is -0.131. The molecule has 5 nitrogen and oxygen atoms in total. The molecule has 3 rings (SSSR count). The quantitative estimate of drug-likeness (QED) is 0.869. The number of nitrogens with zero attached hydrogens (tertiary/aromatic N) is 4. The number of benzene rings is 1. The maximum Gasteiger partial charge on any atom is 0.225 e. The third kappa shape index (κ3) is 3.86. The predicted octanol–water partition coefficient (Wildman–Crippen LogP) is 2.32. The Morgan fingerprint density at radius 2 is 1.70 bits per heavy atom. The monoisotopic (exact) mass is 310 g/mol. The van der Waals surface area contributed by atoms with Gasteiger partial charge in [-0.1, -0.05) is 37.3 Å². The molecule has 0 radical (unpaired) electrons. The first-order valence-electron chi connectivity index (χ1n) is 8.09.